The number of carbonyl (C=O) groups is 3. The van der Waals surface area contributed by atoms with E-state index in [4.69, 9.17) is 10.5 Å². The van der Waals surface area contributed by atoms with Gasteiger partial charge in [-0.25, -0.2) is 14.3 Å². The van der Waals surface area contributed by atoms with E-state index in [1.165, 1.54) is 35.9 Å². The van der Waals surface area contributed by atoms with Crippen LogP contribution >= 0.6 is 11.8 Å². The van der Waals surface area contributed by atoms with Gasteiger partial charge < -0.3 is 15.4 Å². The molecule has 3 aromatic rings. The molecule has 0 aromatic heterocycles. The van der Waals surface area contributed by atoms with Crippen molar-refractivity contribution >= 4 is 29.5 Å². The maximum Gasteiger partial charge on any atom is 0.266 e. The van der Waals surface area contributed by atoms with Gasteiger partial charge in [0.15, 0.2) is 11.6 Å². The van der Waals surface area contributed by atoms with Gasteiger partial charge in [0.05, 0.1) is 7.11 Å². The molecule has 3 aromatic carbocycles. The van der Waals surface area contributed by atoms with E-state index in [2.05, 4.69) is 10.3 Å². The maximum absolute atomic E-state index is 13.8. The van der Waals surface area contributed by atoms with Crippen molar-refractivity contribution in [2.24, 2.45) is 5.73 Å². The number of hydrogen-bond acceptors (Lipinski definition) is 6. The number of hydroxylamine groups is 1. The van der Waals surface area contributed by atoms with Crippen molar-refractivity contribution < 1.29 is 32.7 Å². The van der Waals surface area contributed by atoms with Gasteiger partial charge in [-0.15, -0.1) is 11.8 Å². The summed E-state index contributed by atoms with van der Waals surface area (Å²) in [5, 5.41) is 0. The fourth-order valence-electron chi connectivity index (χ4n) is 4.56. The van der Waals surface area contributed by atoms with Crippen LogP contribution in [0.15, 0.2) is 65.6 Å². The van der Waals surface area contributed by atoms with E-state index in [9.17, 15) is 23.2 Å². The fraction of sp³-hybridized carbons (Fsp3) is 0.250. The molecular weight excluding hydrogens is 528 g/mol. The summed E-state index contributed by atoms with van der Waals surface area (Å²) in [5.41, 5.74) is 9.97. The first-order chi connectivity index (χ1) is 18.7. The summed E-state index contributed by atoms with van der Waals surface area (Å²) in [4.78, 5) is 44.3. The van der Waals surface area contributed by atoms with Gasteiger partial charge in [-0.2, -0.15) is 0 Å². The Balaban J connectivity index is 1.48. The highest BCUT2D eigenvalue weighted by atomic mass is 32.2. The number of thioether (sulfide) groups is 1. The van der Waals surface area contributed by atoms with E-state index < -0.39 is 41.4 Å². The molecule has 0 saturated carbocycles. The van der Waals surface area contributed by atoms with Crippen molar-refractivity contribution in [1.82, 2.24) is 10.4 Å². The summed E-state index contributed by atoms with van der Waals surface area (Å²) >= 11 is 1.32. The van der Waals surface area contributed by atoms with Gasteiger partial charge in [0.1, 0.15) is 24.4 Å². The van der Waals surface area contributed by atoms with Gasteiger partial charge in [-0.1, -0.05) is 24.3 Å². The van der Waals surface area contributed by atoms with Gasteiger partial charge in [0.25, 0.3) is 11.8 Å². The zero-order valence-electron chi connectivity index (χ0n) is 21.3. The first-order valence-electron chi connectivity index (χ1n) is 12.0. The van der Waals surface area contributed by atoms with E-state index in [-0.39, 0.29) is 25.0 Å². The minimum atomic E-state index is -0.917. The third kappa shape index (κ3) is 6.21. The molecule has 1 aliphatic heterocycles. The van der Waals surface area contributed by atoms with Crippen LogP contribution in [0.2, 0.25) is 0 Å². The topological polar surface area (TPSA) is 111 Å². The molecule has 0 aliphatic carbocycles. The first-order valence-corrected chi connectivity index (χ1v) is 13.3. The average Bonchev–Trinajstić information content (AvgIpc) is 3.39. The van der Waals surface area contributed by atoms with Crippen LogP contribution in [0.5, 0.6) is 5.75 Å². The number of nitrogens with two attached hydrogens (primary N) is 1. The van der Waals surface area contributed by atoms with Crippen molar-refractivity contribution in [3.63, 3.8) is 0 Å². The molecule has 11 heteroatoms. The molecule has 0 bridgehead atoms. The van der Waals surface area contributed by atoms with Crippen LogP contribution in [0.1, 0.15) is 28.8 Å². The summed E-state index contributed by atoms with van der Waals surface area (Å²) in [6, 6.07) is 14.2. The lowest BCUT2D eigenvalue weighted by Crippen LogP contribution is -2.52. The number of rotatable bonds is 9. The molecular formula is C28H27F2N3O5S. The molecule has 1 fully saturated rings. The normalized spacial score (nSPS) is 16.7. The van der Waals surface area contributed by atoms with Crippen LogP contribution in [0.4, 0.5) is 8.78 Å². The number of ether oxygens (including phenoxy) is 1. The van der Waals surface area contributed by atoms with Crippen LogP contribution in [0, 0.1) is 11.6 Å². The zero-order chi connectivity index (χ0) is 28.1. The second-order valence-electron chi connectivity index (χ2n) is 8.87. The molecule has 3 N–H and O–H groups in total. The van der Waals surface area contributed by atoms with E-state index in [0.717, 1.165) is 0 Å². The number of carbonyl (C=O) groups excluding carboxylic acids is 3. The Morgan fingerprint density at radius 1 is 1.03 bits per heavy atom. The Kier molecular flexibility index (Phi) is 8.82. The predicted molar refractivity (Wildman–Crippen MR) is 142 cm³/mol. The minimum absolute atomic E-state index is 0.133. The van der Waals surface area contributed by atoms with Gasteiger partial charge >= 0.3 is 0 Å². The van der Waals surface area contributed by atoms with Gasteiger partial charge in [-0.3, -0.25) is 19.2 Å². The fourth-order valence-corrected chi connectivity index (χ4v) is 5.18. The Morgan fingerprint density at radius 3 is 2.38 bits per heavy atom. The minimum Gasteiger partial charge on any atom is -0.489 e. The van der Waals surface area contributed by atoms with Crippen LogP contribution in [0.3, 0.4) is 0 Å². The van der Waals surface area contributed by atoms with Gasteiger partial charge in [0.2, 0.25) is 5.91 Å². The highest BCUT2D eigenvalue weighted by Crippen LogP contribution is 2.33. The molecule has 2 atom stereocenters. The number of nitrogens with zero attached hydrogens (tertiary/aromatic N) is 1. The summed E-state index contributed by atoms with van der Waals surface area (Å²) < 4.78 is 33.3. The third-order valence-electron chi connectivity index (χ3n) is 6.44. The Labute approximate surface area is 228 Å². The standard InChI is InChI=1S/C28H27F2N3O5S/c1-37-32-27(35)24-11-10-23(26(31)34)33(24)28(36)18-5-3-4-16(12-18)15-38-19-8-6-17(7-9-19)20-13-21(29)22(30)14-25(20)39-2/h3-9,12-14,23-24H,10-11,15H2,1-2H3,(H2,31,34)(H,32,35)/t23?,24-/m0/s1. The number of amides is 3. The second-order valence-corrected chi connectivity index (χ2v) is 9.72. The first kappa shape index (κ1) is 28.1. The van der Waals surface area contributed by atoms with E-state index in [0.29, 0.717) is 27.3 Å². The molecule has 39 heavy (non-hydrogen) atoms. The monoisotopic (exact) mass is 555 g/mol. The molecule has 8 nitrogen and oxygen atoms in total. The molecule has 0 spiro atoms. The Bertz CT molecular complexity index is 1390. The number of primary amides is 1. The highest BCUT2D eigenvalue weighted by Gasteiger charge is 2.43. The van der Waals surface area contributed by atoms with Crippen molar-refractivity contribution in [3.8, 4) is 16.9 Å². The number of halogens is 2. The predicted octanol–water partition coefficient (Wildman–Crippen LogP) is 4.07. The molecule has 1 heterocycles. The molecule has 0 radical (unpaired) electrons. The van der Waals surface area contributed by atoms with E-state index in [1.807, 2.05) is 0 Å². The number of likely N-dealkylation sites (tertiary alicyclic amines) is 1. The van der Waals surface area contributed by atoms with Crippen molar-refractivity contribution in [3.05, 3.63) is 83.4 Å². The Hall–Kier alpha value is -3.96. The average molecular weight is 556 g/mol. The van der Waals surface area contributed by atoms with E-state index in [1.54, 1.807) is 54.8 Å². The summed E-state index contributed by atoms with van der Waals surface area (Å²) in [6.07, 6.45) is 2.33. The highest BCUT2D eigenvalue weighted by molar-refractivity contribution is 7.98. The van der Waals surface area contributed by atoms with Crippen molar-refractivity contribution in [2.75, 3.05) is 13.4 Å². The van der Waals surface area contributed by atoms with Crippen LogP contribution < -0.4 is 16.0 Å². The summed E-state index contributed by atoms with van der Waals surface area (Å²) in [5.74, 6) is -3.01. The van der Waals surface area contributed by atoms with Crippen LogP contribution in [-0.4, -0.2) is 48.1 Å². The maximum atomic E-state index is 13.8. The van der Waals surface area contributed by atoms with Crippen molar-refractivity contribution in [1.29, 1.82) is 0 Å². The number of nitrogens with one attached hydrogen (secondary N) is 1. The third-order valence-corrected chi connectivity index (χ3v) is 7.22. The zero-order valence-corrected chi connectivity index (χ0v) is 22.1. The summed E-state index contributed by atoms with van der Waals surface area (Å²) in [7, 11) is 1.28. The lowest BCUT2D eigenvalue weighted by molar-refractivity contribution is -0.136. The SMILES string of the molecule is CONC(=O)[C@@H]1CCC(C(N)=O)N1C(=O)c1cccc(COc2ccc(-c3cc(F)c(F)cc3SC)cc2)c1. The molecule has 3 amide bonds. The smallest absolute Gasteiger partial charge is 0.266 e. The second kappa shape index (κ2) is 12.3. The molecule has 1 unspecified atom stereocenters. The molecule has 204 valence electrons. The quantitative estimate of drug-likeness (QED) is 0.304. The van der Waals surface area contributed by atoms with Crippen LogP contribution in [0.25, 0.3) is 11.1 Å². The molecule has 4 rings (SSSR count). The van der Waals surface area contributed by atoms with Crippen molar-refractivity contribution in [2.45, 2.75) is 36.4 Å². The van der Waals surface area contributed by atoms with Crippen LogP contribution in [-0.2, 0) is 21.0 Å². The lowest BCUT2D eigenvalue weighted by Gasteiger charge is -2.28. The molecule has 1 saturated heterocycles. The largest absolute Gasteiger partial charge is 0.489 e. The lowest BCUT2D eigenvalue weighted by atomic mass is 10.1. The molecule has 1 aliphatic rings. The number of benzene rings is 3. The van der Waals surface area contributed by atoms with Gasteiger partial charge in [-0.05, 0) is 72.2 Å². The Morgan fingerprint density at radius 2 is 1.72 bits per heavy atom. The number of hydrogen-bond donors (Lipinski definition) is 2. The van der Waals surface area contributed by atoms with E-state index >= 15 is 0 Å². The summed E-state index contributed by atoms with van der Waals surface area (Å²) in [6.45, 7) is 0.133. The van der Waals surface area contributed by atoms with Gasteiger partial charge in [0, 0.05) is 10.5 Å².